The number of ketones is 1. The quantitative estimate of drug-likeness (QED) is 0.747. The van der Waals surface area contributed by atoms with E-state index in [0.29, 0.717) is 32.1 Å². The van der Waals surface area contributed by atoms with Gasteiger partial charge in [0.2, 0.25) is 0 Å². The molecule has 0 bridgehead atoms. The van der Waals surface area contributed by atoms with E-state index in [2.05, 4.69) is 0 Å². The smallest absolute Gasteiger partial charge is 0.264 e. The van der Waals surface area contributed by atoms with E-state index in [9.17, 15) is 14.7 Å². The standard InChI is InChI=1S/C19H16Cl3NO4/c1-11(24)10-19(26)13-3-2-4-14(21)17(13)23(18(19)25)7-8-27-16-6-5-12(20)9-15(16)22/h2-6,9,26H,7-8,10H2,1H3. The molecule has 1 aliphatic heterocycles. The van der Waals surface area contributed by atoms with Crippen LogP contribution in [0.25, 0.3) is 0 Å². The zero-order valence-corrected chi connectivity index (χ0v) is 16.6. The second kappa shape index (κ2) is 7.68. The number of para-hydroxylation sites is 1. The summed E-state index contributed by atoms with van der Waals surface area (Å²) in [4.78, 5) is 25.8. The fourth-order valence-electron chi connectivity index (χ4n) is 3.15. The maximum absolute atomic E-state index is 12.9. The summed E-state index contributed by atoms with van der Waals surface area (Å²) in [7, 11) is 0. The van der Waals surface area contributed by atoms with Crippen molar-refractivity contribution in [2.24, 2.45) is 0 Å². The first-order valence-corrected chi connectivity index (χ1v) is 9.28. The van der Waals surface area contributed by atoms with Gasteiger partial charge < -0.3 is 14.7 Å². The summed E-state index contributed by atoms with van der Waals surface area (Å²) in [6.07, 6.45) is -0.320. The van der Waals surface area contributed by atoms with E-state index in [1.165, 1.54) is 11.8 Å². The van der Waals surface area contributed by atoms with Crippen molar-refractivity contribution in [3.8, 4) is 5.75 Å². The van der Waals surface area contributed by atoms with Crippen LogP contribution in [0.1, 0.15) is 18.9 Å². The van der Waals surface area contributed by atoms with Crippen molar-refractivity contribution in [2.75, 3.05) is 18.1 Å². The molecule has 0 radical (unpaired) electrons. The Balaban J connectivity index is 1.83. The van der Waals surface area contributed by atoms with Gasteiger partial charge in [-0.05, 0) is 31.2 Å². The lowest BCUT2D eigenvalue weighted by molar-refractivity contribution is -0.141. The van der Waals surface area contributed by atoms with Gasteiger partial charge in [0.05, 0.1) is 22.3 Å². The summed E-state index contributed by atoms with van der Waals surface area (Å²) in [6, 6.07) is 9.67. The van der Waals surface area contributed by atoms with Crippen LogP contribution in [0.4, 0.5) is 5.69 Å². The Kier molecular flexibility index (Phi) is 5.68. The molecule has 1 aliphatic rings. The highest BCUT2D eigenvalue weighted by Crippen LogP contribution is 2.46. The summed E-state index contributed by atoms with van der Waals surface area (Å²) >= 11 is 18.2. The lowest BCUT2D eigenvalue weighted by Crippen LogP contribution is -2.43. The summed E-state index contributed by atoms with van der Waals surface area (Å²) in [5, 5.41) is 12.1. The number of anilines is 1. The average molecular weight is 429 g/mol. The van der Waals surface area contributed by atoms with Crippen LogP contribution in [0.3, 0.4) is 0 Å². The topological polar surface area (TPSA) is 66.8 Å². The van der Waals surface area contributed by atoms with Crippen molar-refractivity contribution in [3.05, 3.63) is 57.0 Å². The first-order chi connectivity index (χ1) is 12.7. The van der Waals surface area contributed by atoms with Crippen molar-refractivity contribution < 1.29 is 19.4 Å². The molecule has 1 N–H and O–H groups in total. The number of ether oxygens (including phenoxy) is 1. The summed E-state index contributed by atoms with van der Waals surface area (Å²) in [6.45, 7) is 1.55. The molecule has 0 saturated heterocycles. The van der Waals surface area contributed by atoms with Gasteiger partial charge in [-0.2, -0.15) is 0 Å². The molecule has 3 rings (SSSR count). The Hall–Kier alpha value is -1.79. The Labute approximate surface area is 171 Å². The van der Waals surface area contributed by atoms with Crippen molar-refractivity contribution >= 4 is 52.2 Å². The fourth-order valence-corrected chi connectivity index (χ4v) is 3.89. The first-order valence-electron chi connectivity index (χ1n) is 8.14. The van der Waals surface area contributed by atoms with Gasteiger partial charge in [0.1, 0.15) is 18.1 Å². The summed E-state index contributed by atoms with van der Waals surface area (Å²) < 4.78 is 5.63. The highest BCUT2D eigenvalue weighted by atomic mass is 35.5. The van der Waals surface area contributed by atoms with E-state index >= 15 is 0 Å². The van der Waals surface area contributed by atoms with Crippen molar-refractivity contribution in [1.29, 1.82) is 0 Å². The Bertz CT molecular complexity index is 918. The lowest BCUT2D eigenvalue weighted by atomic mass is 9.90. The predicted octanol–water partition coefficient (Wildman–Crippen LogP) is 4.24. The van der Waals surface area contributed by atoms with Crippen LogP contribution in [0, 0.1) is 0 Å². The molecule has 1 atom stereocenters. The monoisotopic (exact) mass is 427 g/mol. The van der Waals surface area contributed by atoms with Crippen molar-refractivity contribution in [1.82, 2.24) is 0 Å². The molecule has 1 amide bonds. The third-order valence-electron chi connectivity index (χ3n) is 4.27. The van der Waals surface area contributed by atoms with Crippen LogP contribution in [0.2, 0.25) is 15.1 Å². The molecule has 27 heavy (non-hydrogen) atoms. The largest absolute Gasteiger partial charge is 0.490 e. The van der Waals surface area contributed by atoms with Crippen LogP contribution < -0.4 is 9.64 Å². The molecule has 0 saturated carbocycles. The molecule has 1 heterocycles. The second-order valence-corrected chi connectivity index (χ2v) is 7.51. The maximum atomic E-state index is 12.9. The van der Waals surface area contributed by atoms with Gasteiger partial charge in [-0.15, -0.1) is 0 Å². The third-order valence-corrected chi connectivity index (χ3v) is 5.11. The van der Waals surface area contributed by atoms with Gasteiger partial charge in [-0.25, -0.2) is 0 Å². The number of hydrogen-bond acceptors (Lipinski definition) is 4. The van der Waals surface area contributed by atoms with Gasteiger partial charge in [0.25, 0.3) is 5.91 Å². The zero-order valence-electron chi connectivity index (χ0n) is 14.3. The van der Waals surface area contributed by atoms with Gasteiger partial charge in [0.15, 0.2) is 5.60 Å². The molecule has 0 spiro atoms. The second-order valence-electron chi connectivity index (χ2n) is 6.26. The average Bonchev–Trinajstić information content (AvgIpc) is 2.79. The van der Waals surface area contributed by atoms with Crippen LogP contribution in [-0.2, 0) is 15.2 Å². The molecule has 5 nitrogen and oxygen atoms in total. The van der Waals surface area contributed by atoms with Gasteiger partial charge >= 0.3 is 0 Å². The van der Waals surface area contributed by atoms with Crippen LogP contribution in [0.5, 0.6) is 5.75 Å². The molecule has 0 aromatic heterocycles. The molecular weight excluding hydrogens is 413 g/mol. The van der Waals surface area contributed by atoms with Crippen molar-refractivity contribution in [3.63, 3.8) is 0 Å². The van der Waals surface area contributed by atoms with Gasteiger partial charge in [-0.1, -0.05) is 46.9 Å². The molecule has 1 unspecified atom stereocenters. The van der Waals surface area contributed by atoms with Gasteiger partial charge in [0, 0.05) is 17.0 Å². The maximum Gasteiger partial charge on any atom is 0.264 e. The number of carbonyl (C=O) groups excluding carboxylic acids is 2. The number of hydrogen-bond donors (Lipinski definition) is 1. The predicted molar refractivity (Wildman–Crippen MR) is 105 cm³/mol. The number of rotatable bonds is 6. The Morgan fingerprint density at radius 3 is 2.59 bits per heavy atom. The van der Waals surface area contributed by atoms with E-state index < -0.39 is 11.5 Å². The fraction of sp³-hybridized carbons (Fsp3) is 0.263. The minimum Gasteiger partial charge on any atom is -0.490 e. The highest BCUT2D eigenvalue weighted by Gasteiger charge is 2.51. The number of carbonyl (C=O) groups is 2. The number of benzene rings is 2. The summed E-state index contributed by atoms with van der Waals surface area (Å²) in [5.74, 6) is -0.486. The summed E-state index contributed by atoms with van der Waals surface area (Å²) in [5.41, 5.74) is -1.22. The lowest BCUT2D eigenvalue weighted by Gasteiger charge is -2.22. The molecule has 8 heteroatoms. The number of halogens is 3. The highest BCUT2D eigenvalue weighted by molar-refractivity contribution is 6.35. The molecule has 0 aliphatic carbocycles. The minimum atomic E-state index is -1.93. The molecule has 142 valence electrons. The van der Waals surface area contributed by atoms with E-state index in [1.54, 1.807) is 36.4 Å². The normalized spacial score (nSPS) is 18.6. The molecular formula is C19H16Cl3NO4. The number of aliphatic hydroxyl groups is 1. The van der Waals surface area contributed by atoms with Crippen LogP contribution in [-0.4, -0.2) is 29.9 Å². The SMILES string of the molecule is CC(=O)CC1(O)C(=O)N(CCOc2ccc(Cl)cc2Cl)c2c(Cl)cccc21. The number of nitrogens with zero attached hydrogens (tertiary/aromatic N) is 1. The first kappa shape index (κ1) is 20.0. The third kappa shape index (κ3) is 3.78. The van der Waals surface area contributed by atoms with Gasteiger partial charge in [-0.3, -0.25) is 9.59 Å². The van der Waals surface area contributed by atoms with Crippen LogP contribution >= 0.6 is 34.8 Å². The minimum absolute atomic E-state index is 0.105. The molecule has 2 aromatic carbocycles. The Morgan fingerprint density at radius 1 is 1.19 bits per heavy atom. The molecule has 2 aromatic rings. The van der Waals surface area contributed by atoms with E-state index in [1.807, 2.05) is 0 Å². The van der Waals surface area contributed by atoms with Crippen LogP contribution in [0.15, 0.2) is 36.4 Å². The zero-order chi connectivity index (χ0) is 19.8. The Morgan fingerprint density at radius 2 is 1.93 bits per heavy atom. The van der Waals surface area contributed by atoms with E-state index in [0.717, 1.165) is 0 Å². The molecule has 0 fully saturated rings. The van der Waals surface area contributed by atoms with E-state index in [-0.39, 0.29) is 25.4 Å². The van der Waals surface area contributed by atoms with Crippen molar-refractivity contribution in [2.45, 2.75) is 18.9 Å². The van der Waals surface area contributed by atoms with E-state index in [4.69, 9.17) is 39.5 Å². The number of fused-ring (bicyclic) bond motifs is 1. The number of Topliss-reactive ketones (excluding diaryl/α,β-unsaturated/α-hetero) is 1. The number of amides is 1.